The molecule has 0 aromatic rings. The van der Waals surface area contributed by atoms with E-state index in [4.69, 9.17) is 0 Å². The quantitative estimate of drug-likeness (QED) is 0.313. The minimum Gasteiger partial charge on any atom is -0.303 e. The highest BCUT2D eigenvalue weighted by Crippen LogP contribution is 2.75. The van der Waals surface area contributed by atoms with Crippen LogP contribution in [0.1, 0.15) is 113 Å². The Morgan fingerprint density at radius 3 is 2.25 bits per heavy atom. The minimum absolute atomic E-state index is 0.121. The van der Waals surface area contributed by atoms with Crippen LogP contribution in [0.2, 0.25) is 0 Å². The van der Waals surface area contributed by atoms with E-state index < -0.39 is 0 Å². The van der Waals surface area contributed by atoms with Crippen molar-refractivity contribution in [2.24, 2.45) is 50.2 Å². The molecule has 178 valence electrons. The third-order valence-corrected chi connectivity index (χ3v) is 12.7. The Hall–Kier alpha value is -0.920. The number of fused-ring (bicyclic) bond motifs is 7. The molecule has 5 rings (SSSR count). The van der Waals surface area contributed by atoms with Crippen LogP contribution in [0.25, 0.3) is 0 Å². The molecule has 0 saturated heterocycles. The Labute approximate surface area is 196 Å². The van der Waals surface area contributed by atoms with Gasteiger partial charge in [-0.15, -0.1) is 0 Å². The van der Waals surface area contributed by atoms with E-state index in [2.05, 4.69) is 54.5 Å². The molecular formula is C30H46O2. The van der Waals surface area contributed by atoms with Crippen LogP contribution in [0.4, 0.5) is 0 Å². The van der Waals surface area contributed by atoms with Gasteiger partial charge >= 0.3 is 0 Å². The molecular weight excluding hydrogens is 392 g/mol. The largest absolute Gasteiger partial charge is 0.303 e. The van der Waals surface area contributed by atoms with Crippen molar-refractivity contribution in [2.75, 3.05) is 0 Å². The molecule has 2 nitrogen and oxygen atoms in total. The van der Waals surface area contributed by atoms with Crippen LogP contribution in [0.15, 0.2) is 11.6 Å². The van der Waals surface area contributed by atoms with E-state index in [9.17, 15) is 9.59 Å². The highest BCUT2D eigenvalue weighted by Gasteiger charge is 2.68. The molecule has 0 heterocycles. The fourth-order valence-corrected chi connectivity index (χ4v) is 10.3. The first-order valence-electron chi connectivity index (χ1n) is 13.5. The van der Waals surface area contributed by atoms with Gasteiger partial charge in [-0.25, -0.2) is 0 Å². The summed E-state index contributed by atoms with van der Waals surface area (Å²) in [6.07, 6.45) is 15.0. The molecule has 0 aliphatic heterocycles. The standard InChI is InChI=1S/C30H46O2/c1-25(2)14-16-30(19-31)17-15-28(6)20(21(30)18-25)8-9-23-27(5)12-11-24(32)26(3,4)22(27)10-13-29(23,28)7/h8,19,21-23H,9-18H2,1-7H3/t21-,22?,23?,27-,28-,29+,30+/m0/s1. The monoisotopic (exact) mass is 438 g/mol. The number of carbonyl (C=O) groups excluding carboxylic acids is 2. The average Bonchev–Trinajstić information content (AvgIpc) is 2.71. The van der Waals surface area contributed by atoms with Crippen LogP contribution in [0, 0.1) is 50.2 Å². The van der Waals surface area contributed by atoms with Crippen molar-refractivity contribution in [1.29, 1.82) is 0 Å². The van der Waals surface area contributed by atoms with Gasteiger partial charge in [0.05, 0.1) is 0 Å². The van der Waals surface area contributed by atoms with E-state index in [-0.39, 0.29) is 27.1 Å². The first-order valence-corrected chi connectivity index (χ1v) is 13.5. The number of aldehydes is 1. The second-order valence-corrected chi connectivity index (χ2v) is 14.7. The number of hydrogen-bond donors (Lipinski definition) is 0. The van der Waals surface area contributed by atoms with E-state index in [0.29, 0.717) is 29.0 Å². The van der Waals surface area contributed by atoms with E-state index >= 15 is 0 Å². The van der Waals surface area contributed by atoms with Gasteiger partial charge in [-0.05, 0) is 97.2 Å². The third-order valence-electron chi connectivity index (χ3n) is 12.7. The zero-order chi connectivity index (χ0) is 23.4. The minimum atomic E-state index is -0.189. The van der Waals surface area contributed by atoms with Gasteiger partial charge in [0.25, 0.3) is 0 Å². The molecule has 7 atom stereocenters. The number of ketones is 1. The Bertz CT molecular complexity index is 879. The van der Waals surface area contributed by atoms with Gasteiger partial charge in [-0.1, -0.05) is 60.1 Å². The van der Waals surface area contributed by atoms with Gasteiger partial charge < -0.3 is 4.79 Å². The summed E-state index contributed by atoms with van der Waals surface area (Å²) in [5.74, 6) is 2.05. The Morgan fingerprint density at radius 1 is 0.875 bits per heavy atom. The summed E-state index contributed by atoms with van der Waals surface area (Å²) in [6.45, 7) is 17.0. The molecule has 4 fully saturated rings. The molecule has 4 saturated carbocycles. The summed E-state index contributed by atoms with van der Waals surface area (Å²) in [6, 6.07) is 0. The zero-order valence-corrected chi connectivity index (χ0v) is 21.8. The summed E-state index contributed by atoms with van der Waals surface area (Å²) in [7, 11) is 0. The lowest BCUT2D eigenvalue weighted by Gasteiger charge is -2.70. The van der Waals surface area contributed by atoms with E-state index in [1.807, 2.05) is 0 Å². The van der Waals surface area contributed by atoms with E-state index in [1.54, 1.807) is 5.57 Å². The molecule has 2 heteroatoms. The maximum atomic E-state index is 12.9. The molecule has 2 unspecified atom stereocenters. The first kappa shape index (κ1) is 22.9. The molecule has 0 aromatic carbocycles. The topological polar surface area (TPSA) is 34.1 Å². The van der Waals surface area contributed by atoms with Crippen molar-refractivity contribution in [3.8, 4) is 0 Å². The lowest BCUT2D eigenvalue weighted by atomic mass is 9.33. The van der Waals surface area contributed by atoms with Crippen molar-refractivity contribution in [2.45, 2.75) is 113 Å². The van der Waals surface area contributed by atoms with Gasteiger partial charge in [0.1, 0.15) is 12.1 Å². The lowest BCUT2D eigenvalue weighted by Crippen LogP contribution is -2.64. The number of allylic oxidation sites excluding steroid dienone is 2. The molecule has 0 bridgehead atoms. The van der Waals surface area contributed by atoms with Crippen LogP contribution in [0.5, 0.6) is 0 Å². The van der Waals surface area contributed by atoms with Crippen LogP contribution >= 0.6 is 0 Å². The van der Waals surface area contributed by atoms with Gasteiger partial charge in [0.2, 0.25) is 0 Å². The summed E-state index contributed by atoms with van der Waals surface area (Å²) in [4.78, 5) is 25.4. The van der Waals surface area contributed by atoms with Crippen molar-refractivity contribution in [3.63, 3.8) is 0 Å². The first-order chi connectivity index (χ1) is 14.8. The normalized spacial score (nSPS) is 51.4. The predicted molar refractivity (Wildman–Crippen MR) is 130 cm³/mol. The SMILES string of the molecule is CC1(C)CC[C@]2(C=O)CC[C@@]3(C)C(=CCC4[C@@]5(C)CCC(=O)C(C)(C)C5CC[C@]43C)[C@@H]2C1. The third kappa shape index (κ3) is 2.65. The van der Waals surface area contributed by atoms with Gasteiger partial charge in [0.15, 0.2) is 0 Å². The van der Waals surface area contributed by atoms with Gasteiger partial charge in [0, 0.05) is 17.3 Å². The van der Waals surface area contributed by atoms with Crippen molar-refractivity contribution in [1.82, 2.24) is 0 Å². The lowest BCUT2D eigenvalue weighted by molar-refractivity contribution is -0.184. The molecule has 0 spiro atoms. The fourth-order valence-electron chi connectivity index (χ4n) is 10.3. The van der Waals surface area contributed by atoms with E-state index in [1.165, 1.54) is 25.5 Å². The Kier molecular flexibility index (Phi) is 4.71. The van der Waals surface area contributed by atoms with Crippen LogP contribution in [-0.2, 0) is 9.59 Å². The van der Waals surface area contributed by atoms with Gasteiger partial charge in [-0.2, -0.15) is 0 Å². The Morgan fingerprint density at radius 2 is 1.56 bits per heavy atom. The molecule has 0 N–H and O–H groups in total. The maximum absolute atomic E-state index is 12.9. The number of carbonyl (C=O) groups is 2. The smallest absolute Gasteiger partial charge is 0.138 e. The van der Waals surface area contributed by atoms with Gasteiger partial charge in [-0.3, -0.25) is 4.79 Å². The second-order valence-electron chi connectivity index (χ2n) is 14.7. The molecule has 0 aromatic heterocycles. The summed E-state index contributed by atoms with van der Waals surface area (Å²) in [5, 5.41) is 0. The highest BCUT2D eigenvalue weighted by atomic mass is 16.1. The van der Waals surface area contributed by atoms with E-state index in [0.717, 1.165) is 44.9 Å². The second kappa shape index (κ2) is 6.60. The summed E-state index contributed by atoms with van der Waals surface area (Å²) in [5.41, 5.74) is 2.34. The molecule has 0 radical (unpaired) electrons. The number of Topliss-reactive ketones (excluding diaryl/α,β-unsaturated/α-hetero) is 1. The fraction of sp³-hybridized carbons (Fsp3) is 0.867. The molecule has 0 amide bonds. The predicted octanol–water partition coefficient (Wildman–Crippen LogP) is 7.56. The molecule has 5 aliphatic carbocycles. The molecule has 32 heavy (non-hydrogen) atoms. The zero-order valence-electron chi connectivity index (χ0n) is 21.8. The molecule has 5 aliphatic rings. The van der Waals surface area contributed by atoms with Crippen LogP contribution < -0.4 is 0 Å². The average molecular weight is 439 g/mol. The van der Waals surface area contributed by atoms with Crippen molar-refractivity contribution >= 4 is 12.1 Å². The number of hydrogen-bond acceptors (Lipinski definition) is 2. The van der Waals surface area contributed by atoms with Crippen molar-refractivity contribution in [3.05, 3.63) is 11.6 Å². The maximum Gasteiger partial charge on any atom is 0.138 e. The highest BCUT2D eigenvalue weighted by molar-refractivity contribution is 5.85. The number of rotatable bonds is 1. The Balaban J connectivity index is 1.59. The summed E-state index contributed by atoms with van der Waals surface area (Å²) >= 11 is 0. The summed E-state index contributed by atoms with van der Waals surface area (Å²) < 4.78 is 0. The van der Waals surface area contributed by atoms with Crippen molar-refractivity contribution < 1.29 is 9.59 Å². The van der Waals surface area contributed by atoms with Crippen LogP contribution in [0.3, 0.4) is 0 Å². The van der Waals surface area contributed by atoms with Crippen LogP contribution in [-0.4, -0.2) is 12.1 Å².